The minimum atomic E-state index is -0.345. The molecule has 1 aliphatic heterocycles. The molecule has 2 unspecified atom stereocenters. The summed E-state index contributed by atoms with van der Waals surface area (Å²) in [6, 6.07) is 9.43. The van der Waals surface area contributed by atoms with Crippen molar-refractivity contribution in [1.82, 2.24) is 0 Å². The smallest absolute Gasteiger partial charge is 0.309 e. The fourth-order valence-corrected chi connectivity index (χ4v) is 9.65. The summed E-state index contributed by atoms with van der Waals surface area (Å²) in [7, 11) is 0. The van der Waals surface area contributed by atoms with Crippen LogP contribution < -0.4 is 5.32 Å². The number of para-hydroxylation sites is 1. The van der Waals surface area contributed by atoms with Crippen LogP contribution in [-0.4, -0.2) is 39.8 Å². The van der Waals surface area contributed by atoms with E-state index in [1.807, 2.05) is 18.2 Å². The third-order valence-corrected chi connectivity index (χ3v) is 11.2. The summed E-state index contributed by atoms with van der Waals surface area (Å²) in [6.45, 7) is -0.267. The Morgan fingerprint density at radius 2 is 1.90 bits per heavy atom. The molecule has 30 heavy (non-hydrogen) atoms. The molecule has 3 fully saturated rings. The average Bonchev–Trinajstić information content (AvgIpc) is 3.21. The fourth-order valence-electron chi connectivity index (χ4n) is 5.05. The predicted molar refractivity (Wildman–Crippen MR) is 124 cm³/mol. The van der Waals surface area contributed by atoms with Crippen LogP contribution in [0, 0.1) is 29.1 Å². The number of nitrogens with zero attached hydrogens (tertiary/aromatic N) is 1. The average molecular weight is 463 g/mol. The van der Waals surface area contributed by atoms with Crippen molar-refractivity contribution in [1.29, 1.82) is 5.26 Å². The van der Waals surface area contributed by atoms with Crippen molar-refractivity contribution in [3.05, 3.63) is 24.3 Å². The minimum absolute atomic E-state index is 0.0843. The first kappa shape index (κ1) is 21.9. The van der Waals surface area contributed by atoms with E-state index in [9.17, 15) is 9.59 Å². The van der Waals surface area contributed by atoms with E-state index in [1.54, 1.807) is 6.07 Å². The number of amides is 1. The van der Waals surface area contributed by atoms with Gasteiger partial charge in [0.05, 0.1) is 27.5 Å². The molecule has 1 N–H and O–H groups in total. The van der Waals surface area contributed by atoms with E-state index >= 15 is 0 Å². The van der Waals surface area contributed by atoms with Crippen LogP contribution in [0.5, 0.6) is 0 Å². The van der Waals surface area contributed by atoms with Gasteiger partial charge in [-0.3, -0.25) is 9.59 Å². The zero-order chi connectivity index (χ0) is 21.0. The number of hydrogen-bond donors (Lipinski definition) is 1. The van der Waals surface area contributed by atoms with Crippen LogP contribution in [0.4, 0.5) is 5.69 Å². The largest absolute Gasteiger partial charge is 0.455 e. The van der Waals surface area contributed by atoms with Gasteiger partial charge in [-0.25, -0.2) is 0 Å². The highest BCUT2D eigenvalue weighted by Crippen LogP contribution is 2.64. The molecule has 1 aromatic rings. The van der Waals surface area contributed by atoms with Gasteiger partial charge in [-0.1, -0.05) is 18.6 Å². The number of ether oxygens (including phenoxy) is 1. The molecule has 0 radical (unpaired) electrons. The Kier molecular flexibility index (Phi) is 7.22. The molecule has 0 aromatic heterocycles. The molecule has 160 valence electrons. The number of nitrogens with one attached hydrogen (secondary N) is 1. The van der Waals surface area contributed by atoms with Gasteiger partial charge in [0.25, 0.3) is 5.91 Å². The quantitative estimate of drug-likeness (QED) is 0.481. The fraction of sp³-hybridized carbons (Fsp3) is 0.591. The van der Waals surface area contributed by atoms with Gasteiger partial charge in [0.15, 0.2) is 6.61 Å². The number of thioether (sulfide) groups is 3. The number of hydrogen-bond acceptors (Lipinski definition) is 7. The molecule has 1 heterocycles. The molecule has 4 rings (SSSR count). The first-order chi connectivity index (χ1) is 14.6. The molecule has 1 spiro atoms. The highest BCUT2D eigenvalue weighted by Gasteiger charge is 2.55. The molecule has 5 nitrogen and oxygen atoms in total. The van der Waals surface area contributed by atoms with E-state index in [2.05, 4.69) is 34.9 Å². The lowest BCUT2D eigenvalue weighted by molar-refractivity contribution is -0.154. The van der Waals surface area contributed by atoms with Crippen molar-refractivity contribution in [2.45, 2.75) is 41.1 Å². The number of anilines is 1. The second-order valence-electron chi connectivity index (χ2n) is 8.01. The van der Waals surface area contributed by atoms with Crippen LogP contribution in [0.2, 0.25) is 0 Å². The Labute approximate surface area is 190 Å². The van der Waals surface area contributed by atoms with E-state index < -0.39 is 0 Å². The summed E-state index contributed by atoms with van der Waals surface area (Å²) < 4.78 is 5.76. The van der Waals surface area contributed by atoms with Crippen molar-refractivity contribution in [3.63, 3.8) is 0 Å². The lowest BCUT2D eigenvalue weighted by Gasteiger charge is -2.51. The Bertz CT molecular complexity index is 819. The summed E-state index contributed by atoms with van der Waals surface area (Å²) >= 11 is 5.61. The van der Waals surface area contributed by atoms with Crippen LogP contribution in [0.25, 0.3) is 0 Å². The second-order valence-corrected chi connectivity index (χ2v) is 12.0. The molecule has 2 atom stereocenters. The van der Waals surface area contributed by atoms with Crippen molar-refractivity contribution in [3.8, 4) is 6.07 Å². The molecule has 1 amide bonds. The lowest BCUT2D eigenvalue weighted by Crippen LogP contribution is -2.48. The predicted octanol–water partition coefficient (Wildman–Crippen LogP) is 4.79. The first-order valence-electron chi connectivity index (χ1n) is 10.5. The van der Waals surface area contributed by atoms with Crippen molar-refractivity contribution < 1.29 is 14.3 Å². The summed E-state index contributed by atoms with van der Waals surface area (Å²) in [5, 5.41) is 11.6. The number of carbonyl (C=O) groups excluding carboxylic acids is 2. The monoisotopic (exact) mass is 462 g/mol. The van der Waals surface area contributed by atoms with Gasteiger partial charge in [0.1, 0.15) is 0 Å². The minimum Gasteiger partial charge on any atom is -0.455 e. The Morgan fingerprint density at radius 1 is 1.20 bits per heavy atom. The molecule has 3 aliphatic rings. The van der Waals surface area contributed by atoms with E-state index in [4.69, 9.17) is 10.00 Å². The number of rotatable bonds is 6. The van der Waals surface area contributed by atoms with Crippen LogP contribution in [0.3, 0.4) is 0 Å². The molecule has 2 aliphatic carbocycles. The normalized spacial score (nSPS) is 26.7. The van der Waals surface area contributed by atoms with Crippen molar-refractivity contribution in [2.75, 3.05) is 29.2 Å². The van der Waals surface area contributed by atoms with Crippen LogP contribution >= 0.6 is 35.3 Å². The molecule has 2 bridgehead atoms. The van der Waals surface area contributed by atoms with Gasteiger partial charge in [-0.2, -0.15) is 5.26 Å². The molecule has 1 saturated heterocycles. The van der Waals surface area contributed by atoms with Crippen LogP contribution in [0.15, 0.2) is 29.2 Å². The summed E-state index contributed by atoms with van der Waals surface area (Å²) in [4.78, 5) is 25.9. The van der Waals surface area contributed by atoms with Gasteiger partial charge < -0.3 is 10.1 Å². The van der Waals surface area contributed by atoms with E-state index in [-0.39, 0.29) is 24.4 Å². The van der Waals surface area contributed by atoms with Crippen molar-refractivity contribution >= 4 is 52.8 Å². The van der Waals surface area contributed by atoms with Crippen molar-refractivity contribution in [2.24, 2.45) is 17.8 Å². The maximum atomic E-state index is 12.7. The second kappa shape index (κ2) is 9.88. The standard InChI is InChI=1S/C22H26N2O3S3/c23-8-9-28-19-7-2-1-6-18(19)24-20(25)14-27-21(26)15-12-16-4-3-5-17(13-15)22(16)29-10-11-30-22/h1-2,6-7,15-17H,3-5,9-14H2,(H,24,25). The van der Waals surface area contributed by atoms with E-state index in [0.29, 0.717) is 27.4 Å². The maximum absolute atomic E-state index is 12.7. The lowest BCUT2D eigenvalue weighted by atomic mass is 9.67. The molecule has 8 heteroatoms. The topological polar surface area (TPSA) is 79.2 Å². The molecule has 2 saturated carbocycles. The number of benzene rings is 1. The molecule has 1 aromatic carbocycles. The number of esters is 1. The van der Waals surface area contributed by atoms with Gasteiger partial charge in [-0.05, 0) is 49.7 Å². The van der Waals surface area contributed by atoms with Gasteiger partial charge in [0, 0.05) is 16.4 Å². The summed E-state index contributed by atoms with van der Waals surface area (Å²) in [5.41, 5.74) is 0.642. The highest BCUT2D eigenvalue weighted by atomic mass is 32.2. The van der Waals surface area contributed by atoms with Gasteiger partial charge >= 0.3 is 5.97 Å². The van der Waals surface area contributed by atoms with Gasteiger partial charge in [-0.15, -0.1) is 35.3 Å². The Hall–Kier alpha value is -1.30. The zero-order valence-corrected chi connectivity index (χ0v) is 19.3. The summed E-state index contributed by atoms with van der Waals surface area (Å²) in [5.74, 6) is 3.26. The Morgan fingerprint density at radius 3 is 2.60 bits per heavy atom. The molecular weight excluding hydrogens is 436 g/mol. The SMILES string of the molecule is N#CCSc1ccccc1NC(=O)COC(=O)C1CC2CCCC(C1)C21SCCS1. The van der Waals surface area contributed by atoms with Crippen LogP contribution in [0.1, 0.15) is 32.1 Å². The zero-order valence-electron chi connectivity index (χ0n) is 16.8. The summed E-state index contributed by atoms with van der Waals surface area (Å²) in [6.07, 6.45) is 5.47. The third kappa shape index (κ3) is 4.63. The Balaban J connectivity index is 1.30. The third-order valence-electron chi connectivity index (χ3n) is 6.25. The van der Waals surface area contributed by atoms with E-state index in [0.717, 1.165) is 17.7 Å². The number of carbonyl (C=O) groups is 2. The van der Waals surface area contributed by atoms with Gasteiger partial charge in [0.2, 0.25) is 0 Å². The number of nitriles is 1. The van der Waals surface area contributed by atoms with Crippen LogP contribution in [-0.2, 0) is 14.3 Å². The maximum Gasteiger partial charge on any atom is 0.309 e. The van der Waals surface area contributed by atoms with E-state index in [1.165, 1.54) is 42.5 Å². The molecular formula is C22H26N2O3S3. The highest BCUT2D eigenvalue weighted by molar-refractivity contribution is 8.21. The first-order valence-corrected chi connectivity index (χ1v) is 13.4.